The lowest BCUT2D eigenvalue weighted by molar-refractivity contribution is -0.123. The predicted octanol–water partition coefficient (Wildman–Crippen LogP) is 3.85. The molecule has 0 unspecified atom stereocenters. The minimum Gasteiger partial charge on any atom is -0.303 e. The van der Waals surface area contributed by atoms with Crippen LogP contribution in [0, 0.1) is 6.92 Å². The van der Waals surface area contributed by atoms with Gasteiger partial charge in [-0.3, -0.25) is 9.69 Å². The maximum Gasteiger partial charge on any atom is 0.329 e. The van der Waals surface area contributed by atoms with Crippen LogP contribution in [-0.4, -0.2) is 16.8 Å². The van der Waals surface area contributed by atoms with Crippen molar-refractivity contribution < 1.29 is 9.59 Å². The van der Waals surface area contributed by atoms with Crippen molar-refractivity contribution in [3.05, 3.63) is 75.4 Å². The number of benzene rings is 2. The number of urea groups is 1. The van der Waals surface area contributed by atoms with Gasteiger partial charge in [-0.05, 0) is 30.2 Å². The van der Waals surface area contributed by atoms with E-state index in [1.54, 1.807) is 6.08 Å². The Morgan fingerprint density at radius 2 is 1.91 bits per heavy atom. The summed E-state index contributed by atoms with van der Waals surface area (Å²) in [6.07, 6.45) is 1.68. The number of aryl methyl sites for hydroxylation is 1. The first kappa shape index (κ1) is 15.5. The third-order valence-corrected chi connectivity index (χ3v) is 4.31. The fraction of sp³-hybridized carbons (Fsp3) is 0.111. The number of halogens is 1. The Morgan fingerprint density at radius 1 is 1.13 bits per heavy atom. The molecule has 1 saturated heterocycles. The minimum absolute atomic E-state index is 0.264. The second-order valence-corrected chi connectivity index (χ2v) is 6.24. The Kier molecular flexibility index (Phi) is 4.30. The van der Waals surface area contributed by atoms with Crippen LogP contribution in [0.2, 0.25) is 0 Å². The average molecular weight is 371 g/mol. The molecule has 23 heavy (non-hydrogen) atoms. The largest absolute Gasteiger partial charge is 0.329 e. The highest BCUT2D eigenvalue weighted by Crippen LogP contribution is 2.22. The molecule has 0 aromatic heterocycles. The lowest BCUT2D eigenvalue weighted by Crippen LogP contribution is -2.30. The van der Waals surface area contributed by atoms with Crippen molar-refractivity contribution in [3.8, 4) is 0 Å². The first-order valence-corrected chi connectivity index (χ1v) is 7.98. The molecule has 0 saturated carbocycles. The first-order valence-electron chi connectivity index (χ1n) is 7.19. The Bertz CT molecular complexity index is 814. The van der Waals surface area contributed by atoms with Gasteiger partial charge in [0.15, 0.2) is 0 Å². The molecule has 2 aromatic rings. The Labute approximate surface area is 142 Å². The molecule has 3 rings (SSSR count). The number of rotatable bonds is 3. The van der Waals surface area contributed by atoms with E-state index in [1.807, 2.05) is 55.5 Å². The van der Waals surface area contributed by atoms with Crippen molar-refractivity contribution in [3.63, 3.8) is 0 Å². The molecule has 1 fully saturated rings. The number of carbonyl (C=O) groups is 2. The third-order valence-electron chi connectivity index (χ3n) is 3.59. The molecule has 0 aliphatic carbocycles. The molecule has 116 valence electrons. The van der Waals surface area contributed by atoms with Crippen LogP contribution in [0.5, 0.6) is 0 Å². The summed E-state index contributed by atoms with van der Waals surface area (Å²) >= 11 is 3.43. The monoisotopic (exact) mass is 370 g/mol. The van der Waals surface area contributed by atoms with E-state index in [1.165, 1.54) is 4.90 Å². The van der Waals surface area contributed by atoms with Crippen LogP contribution >= 0.6 is 15.9 Å². The Balaban J connectivity index is 1.84. The zero-order chi connectivity index (χ0) is 16.4. The maximum atomic E-state index is 12.5. The van der Waals surface area contributed by atoms with Gasteiger partial charge in [-0.15, -0.1) is 0 Å². The second kappa shape index (κ2) is 6.38. The molecule has 3 amide bonds. The van der Waals surface area contributed by atoms with Crippen molar-refractivity contribution in [2.45, 2.75) is 13.5 Å². The lowest BCUT2D eigenvalue weighted by Gasteiger charge is -2.12. The second-order valence-electron chi connectivity index (χ2n) is 5.39. The van der Waals surface area contributed by atoms with Crippen LogP contribution < -0.4 is 5.32 Å². The highest BCUT2D eigenvalue weighted by molar-refractivity contribution is 9.10. The van der Waals surface area contributed by atoms with E-state index in [-0.39, 0.29) is 18.1 Å². The van der Waals surface area contributed by atoms with Gasteiger partial charge in [0.1, 0.15) is 5.70 Å². The van der Waals surface area contributed by atoms with Crippen molar-refractivity contribution in [2.24, 2.45) is 0 Å². The van der Waals surface area contributed by atoms with Crippen molar-refractivity contribution >= 4 is 33.9 Å². The molecule has 1 aliphatic heterocycles. The number of hydrogen-bond donors (Lipinski definition) is 1. The van der Waals surface area contributed by atoms with Gasteiger partial charge in [0.05, 0.1) is 6.54 Å². The van der Waals surface area contributed by atoms with Crippen LogP contribution in [0.1, 0.15) is 16.7 Å². The number of hydrogen-bond acceptors (Lipinski definition) is 2. The summed E-state index contributed by atoms with van der Waals surface area (Å²) < 4.78 is 0.867. The molecular weight excluding hydrogens is 356 g/mol. The predicted molar refractivity (Wildman–Crippen MR) is 92.4 cm³/mol. The van der Waals surface area contributed by atoms with E-state index in [9.17, 15) is 9.59 Å². The molecule has 1 heterocycles. The summed E-state index contributed by atoms with van der Waals surface area (Å²) in [6.45, 7) is 2.24. The number of amides is 3. The number of carbonyl (C=O) groups excluding carboxylic acids is 2. The first-order chi connectivity index (χ1) is 11.0. The summed E-state index contributed by atoms with van der Waals surface area (Å²) in [6, 6.07) is 14.9. The summed E-state index contributed by atoms with van der Waals surface area (Å²) in [7, 11) is 0. The van der Waals surface area contributed by atoms with Gasteiger partial charge in [0.2, 0.25) is 0 Å². The molecule has 5 heteroatoms. The van der Waals surface area contributed by atoms with Crippen LogP contribution in [0.15, 0.2) is 58.7 Å². The van der Waals surface area contributed by atoms with Gasteiger partial charge >= 0.3 is 6.03 Å². The maximum absolute atomic E-state index is 12.5. The summed E-state index contributed by atoms with van der Waals surface area (Å²) in [5.41, 5.74) is 3.15. The van der Waals surface area contributed by atoms with E-state index >= 15 is 0 Å². The quantitative estimate of drug-likeness (QED) is 0.658. The minimum atomic E-state index is -0.394. The summed E-state index contributed by atoms with van der Waals surface area (Å²) in [5, 5.41) is 2.64. The van der Waals surface area contributed by atoms with Crippen LogP contribution in [0.4, 0.5) is 4.79 Å². The van der Waals surface area contributed by atoms with Gasteiger partial charge in [0.25, 0.3) is 5.91 Å². The molecular formula is C18H15BrN2O2. The smallest absolute Gasteiger partial charge is 0.303 e. The molecule has 0 radical (unpaired) electrons. The Hall–Kier alpha value is -2.40. The molecule has 1 aliphatic rings. The van der Waals surface area contributed by atoms with Crippen LogP contribution in [-0.2, 0) is 11.3 Å². The molecule has 0 spiro atoms. The average Bonchev–Trinajstić information content (AvgIpc) is 2.77. The van der Waals surface area contributed by atoms with E-state index in [4.69, 9.17) is 0 Å². The molecule has 2 aromatic carbocycles. The highest BCUT2D eigenvalue weighted by Gasteiger charge is 2.33. The van der Waals surface area contributed by atoms with Crippen molar-refractivity contribution in [1.29, 1.82) is 0 Å². The topological polar surface area (TPSA) is 49.4 Å². The van der Waals surface area contributed by atoms with Crippen LogP contribution in [0.3, 0.4) is 0 Å². The highest BCUT2D eigenvalue weighted by atomic mass is 79.9. The number of nitrogens with one attached hydrogen (secondary N) is 1. The normalized spacial score (nSPS) is 16.1. The van der Waals surface area contributed by atoms with Crippen molar-refractivity contribution in [2.75, 3.05) is 0 Å². The van der Waals surface area contributed by atoms with E-state index in [0.717, 1.165) is 21.2 Å². The summed E-state index contributed by atoms with van der Waals surface area (Å²) in [4.78, 5) is 25.8. The van der Waals surface area contributed by atoms with E-state index in [0.29, 0.717) is 0 Å². The Morgan fingerprint density at radius 3 is 2.65 bits per heavy atom. The van der Waals surface area contributed by atoms with E-state index < -0.39 is 6.03 Å². The summed E-state index contributed by atoms with van der Waals surface area (Å²) in [5.74, 6) is -0.313. The molecule has 0 atom stereocenters. The fourth-order valence-corrected chi connectivity index (χ4v) is 2.86. The molecule has 0 bridgehead atoms. The third kappa shape index (κ3) is 3.35. The van der Waals surface area contributed by atoms with Gasteiger partial charge in [-0.25, -0.2) is 4.79 Å². The van der Waals surface area contributed by atoms with Gasteiger partial charge < -0.3 is 5.32 Å². The SMILES string of the molecule is Cc1cccc(CN2C(=O)N/C(=C/c3ccccc3Br)C2=O)c1. The number of imide groups is 1. The standard InChI is InChI=1S/C18H15BrN2O2/c1-12-5-4-6-13(9-12)11-21-17(22)16(20-18(21)23)10-14-7-2-3-8-15(14)19/h2-10H,11H2,1H3,(H,20,23)/b16-10+. The fourth-order valence-electron chi connectivity index (χ4n) is 2.46. The zero-order valence-electron chi connectivity index (χ0n) is 12.5. The van der Waals surface area contributed by atoms with Gasteiger partial charge in [0, 0.05) is 4.47 Å². The zero-order valence-corrected chi connectivity index (χ0v) is 14.1. The van der Waals surface area contributed by atoms with Gasteiger partial charge in [-0.1, -0.05) is 64.0 Å². The molecule has 1 N–H and O–H groups in total. The van der Waals surface area contributed by atoms with Crippen molar-refractivity contribution in [1.82, 2.24) is 10.2 Å². The van der Waals surface area contributed by atoms with Crippen LogP contribution in [0.25, 0.3) is 6.08 Å². The lowest BCUT2D eigenvalue weighted by atomic mass is 10.1. The van der Waals surface area contributed by atoms with Gasteiger partial charge in [-0.2, -0.15) is 0 Å². The molecule has 4 nitrogen and oxygen atoms in total. The van der Waals surface area contributed by atoms with E-state index in [2.05, 4.69) is 21.2 Å². The number of nitrogens with zero attached hydrogens (tertiary/aromatic N) is 1.